The summed E-state index contributed by atoms with van der Waals surface area (Å²) < 4.78 is 12.8. The van der Waals surface area contributed by atoms with E-state index in [9.17, 15) is 4.39 Å². The Balaban J connectivity index is 2.13. The van der Waals surface area contributed by atoms with E-state index < -0.39 is 0 Å². The molecule has 0 bridgehead atoms. The third-order valence-corrected chi connectivity index (χ3v) is 2.57. The average molecular weight is 241 g/mol. The summed E-state index contributed by atoms with van der Waals surface area (Å²) in [5.41, 5.74) is 2.19. The molecule has 0 saturated heterocycles. The Kier molecular flexibility index (Phi) is 3.54. The van der Waals surface area contributed by atoms with Crippen LogP contribution < -0.4 is 5.32 Å². The summed E-state index contributed by atoms with van der Waals surface area (Å²) in [7, 11) is 0. The van der Waals surface area contributed by atoms with Crippen molar-refractivity contribution in [2.24, 2.45) is 0 Å². The largest absolute Gasteiger partial charge is 0.377 e. The molecule has 2 aromatic rings. The first-order valence-corrected chi connectivity index (χ1v) is 5.57. The van der Waals surface area contributed by atoms with Crippen LogP contribution in [0.2, 0.25) is 0 Å². The summed E-state index contributed by atoms with van der Waals surface area (Å²) in [5.74, 6) is -0.350. The molecule has 2 rings (SSSR count). The van der Waals surface area contributed by atoms with Crippen LogP contribution in [-0.4, -0.2) is 4.98 Å². The van der Waals surface area contributed by atoms with Crippen molar-refractivity contribution in [3.63, 3.8) is 0 Å². The minimum atomic E-state index is -0.350. The first-order chi connectivity index (χ1) is 8.69. The van der Waals surface area contributed by atoms with Gasteiger partial charge in [0.15, 0.2) is 0 Å². The Bertz CT molecular complexity index is 572. The Morgan fingerprint density at radius 1 is 1.33 bits per heavy atom. The second kappa shape index (κ2) is 5.28. The number of anilines is 1. The van der Waals surface area contributed by atoms with E-state index in [1.54, 1.807) is 18.2 Å². The summed E-state index contributed by atoms with van der Waals surface area (Å²) >= 11 is 0. The second-order valence-electron chi connectivity index (χ2n) is 3.96. The fraction of sp³-hybridized carbons (Fsp3) is 0.143. The first-order valence-electron chi connectivity index (χ1n) is 5.57. The number of halogens is 1. The van der Waals surface area contributed by atoms with Crippen molar-refractivity contribution in [2.75, 3.05) is 5.32 Å². The number of hydrogen-bond acceptors (Lipinski definition) is 3. The van der Waals surface area contributed by atoms with Crippen LogP contribution in [0.5, 0.6) is 0 Å². The van der Waals surface area contributed by atoms with Crippen LogP contribution in [0, 0.1) is 17.1 Å². The van der Waals surface area contributed by atoms with Gasteiger partial charge in [0.25, 0.3) is 0 Å². The van der Waals surface area contributed by atoms with Gasteiger partial charge in [0.05, 0.1) is 29.6 Å². The molecule has 1 aromatic carbocycles. The smallest absolute Gasteiger partial charge is 0.141 e. The molecule has 90 valence electrons. The molecule has 0 radical (unpaired) electrons. The lowest BCUT2D eigenvalue weighted by Crippen LogP contribution is -2.08. The Morgan fingerprint density at radius 2 is 2.17 bits per heavy atom. The molecule has 0 fully saturated rings. The van der Waals surface area contributed by atoms with E-state index in [2.05, 4.69) is 16.4 Å². The summed E-state index contributed by atoms with van der Waals surface area (Å²) in [4.78, 5) is 4.01. The van der Waals surface area contributed by atoms with Crippen LogP contribution in [0.3, 0.4) is 0 Å². The summed E-state index contributed by atoms with van der Waals surface area (Å²) in [6, 6.07) is 12.2. The number of hydrogen-bond donors (Lipinski definition) is 1. The van der Waals surface area contributed by atoms with Gasteiger partial charge in [0.1, 0.15) is 5.82 Å². The van der Waals surface area contributed by atoms with Crippen molar-refractivity contribution in [2.45, 2.75) is 13.0 Å². The Hall–Kier alpha value is -2.41. The van der Waals surface area contributed by atoms with Crippen LogP contribution in [0.1, 0.15) is 24.2 Å². The molecule has 0 amide bonds. The summed E-state index contributed by atoms with van der Waals surface area (Å²) in [5, 5.41) is 12.0. The molecule has 0 aliphatic rings. The van der Waals surface area contributed by atoms with Crippen LogP contribution in [-0.2, 0) is 0 Å². The number of nitriles is 1. The molecule has 4 heteroatoms. The van der Waals surface area contributed by atoms with Gasteiger partial charge in [0, 0.05) is 5.69 Å². The summed E-state index contributed by atoms with van der Waals surface area (Å²) in [6.07, 6.45) is 1.19. The highest BCUT2D eigenvalue weighted by molar-refractivity contribution is 5.50. The highest BCUT2D eigenvalue weighted by atomic mass is 19.1. The zero-order valence-electron chi connectivity index (χ0n) is 9.89. The second-order valence-corrected chi connectivity index (χ2v) is 3.96. The molecule has 0 spiro atoms. The molecule has 0 saturated carbocycles. The van der Waals surface area contributed by atoms with E-state index in [1.807, 2.05) is 19.1 Å². The van der Waals surface area contributed by atoms with E-state index in [-0.39, 0.29) is 11.9 Å². The van der Waals surface area contributed by atoms with Gasteiger partial charge in [-0.25, -0.2) is 4.39 Å². The lowest BCUT2D eigenvalue weighted by Gasteiger charge is -2.14. The number of nitrogens with one attached hydrogen (secondary N) is 1. The maximum absolute atomic E-state index is 12.8. The van der Waals surface area contributed by atoms with Crippen LogP contribution in [0.4, 0.5) is 10.1 Å². The number of aromatic nitrogens is 1. The zero-order chi connectivity index (χ0) is 13.0. The predicted octanol–water partition coefficient (Wildman–Crippen LogP) is 3.27. The molecule has 1 heterocycles. The molecule has 18 heavy (non-hydrogen) atoms. The quantitative estimate of drug-likeness (QED) is 0.897. The monoisotopic (exact) mass is 241 g/mol. The van der Waals surface area contributed by atoms with Gasteiger partial charge in [-0.15, -0.1) is 0 Å². The van der Waals surface area contributed by atoms with Gasteiger partial charge in [-0.1, -0.05) is 6.07 Å². The lowest BCUT2D eigenvalue weighted by molar-refractivity contribution is 0.617. The minimum absolute atomic E-state index is 0.0560. The van der Waals surface area contributed by atoms with Gasteiger partial charge in [-0.3, -0.25) is 4.98 Å². The standard InChI is InChI=1S/C14H12FN3/c1-10(14-6-5-12(15)9-17-14)18-13-4-2-3-11(7-13)8-16/h2-7,9-10,18H,1H3. The minimum Gasteiger partial charge on any atom is -0.377 e. The molecule has 1 N–H and O–H groups in total. The summed E-state index contributed by atoms with van der Waals surface area (Å²) in [6.45, 7) is 1.93. The normalized spacial score (nSPS) is 11.6. The maximum Gasteiger partial charge on any atom is 0.141 e. The van der Waals surface area contributed by atoms with Crippen LogP contribution in [0.15, 0.2) is 42.6 Å². The first kappa shape index (κ1) is 12.1. The van der Waals surface area contributed by atoms with Crippen molar-refractivity contribution in [3.05, 3.63) is 59.7 Å². The predicted molar refractivity (Wildman–Crippen MR) is 67.4 cm³/mol. The van der Waals surface area contributed by atoms with E-state index in [4.69, 9.17) is 5.26 Å². The van der Waals surface area contributed by atoms with E-state index >= 15 is 0 Å². The van der Waals surface area contributed by atoms with Gasteiger partial charge in [0.2, 0.25) is 0 Å². The topological polar surface area (TPSA) is 48.7 Å². The van der Waals surface area contributed by atoms with Gasteiger partial charge in [-0.2, -0.15) is 5.26 Å². The fourth-order valence-electron chi connectivity index (χ4n) is 1.65. The third kappa shape index (κ3) is 2.83. The molecule has 1 unspecified atom stereocenters. The molecule has 0 aliphatic carbocycles. The van der Waals surface area contributed by atoms with Gasteiger partial charge < -0.3 is 5.32 Å². The number of nitrogens with zero attached hydrogens (tertiary/aromatic N) is 2. The van der Waals surface area contributed by atoms with E-state index in [0.717, 1.165) is 11.4 Å². The Labute approximate surface area is 105 Å². The molecule has 1 atom stereocenters. The maximum atomic E-state index is 12.8. The number of pyridine rings is 1. The molecule has 3 nitrogen and oxygen atoms in total. The lowest BCUT2D eigenvalue weighted by atomic mass is 10.1. The molecule has 0 aliphatic heterocycles. The Morgan fingerprint density at radius 3 is 2.83 bits per heavy atom. The average Bonchev–Trinajstić information content (AvgIpc) is 2.39. The van der Waals surface area contributed by atoms with Crippen molar-refractivity contribution in [1.82, 2.24) is 4.98 Å². The third-order valence-electron chi connectivity index (χ3n) is 2.57. The van der Waals surface area contributed by atoms with Crippen molar-refractivity contribution in [3.8, 4) is 6.07 Å². The van der Waals surface area contributed by atoms with Crippen LogP contribution >= 0.6 is 0 Å². The zero-order valence-corrected chi connectivity index (χ0v) is 9.89. The van der Waals surface area contributed by atoms with E-state index in [0.29, 0.717) is 5.56 Å². The van der Waals surface area contributed by atoms with E-state index in [1.165, 1.54) is 12.3 Å². The number of rotatable bonds is 3. The van der Waals surface area contributed by atoms with Gasteiger partial charge >= 0.3 is 0 Å². The number of benzene rings is 1. The molecular weight excluding hydrogens is 229 g/mol. The van der Waals surface area contributed by atoms with Crippen molar-refractivity contribution >= 4 is 5.69 Å². The molecule has 1 aromatic heterocycles. The fourth-order valence-corrected chi connectivity index (χ4v) is 1.65. The van der Waals surface area contributed by atoms with Gasteiger partial charge in [-0.05, 0) is 37.3 Å². The van der Waals surface area contributed by atoms with Crippen LogP contribution in [0.25, 0.3) is 0 Å². The molecular formula is C14H12FN3. The SMILES string of the molecule is CC(Nc1cccc(C#N)c1)c1ccc(F)cn1. The van der Waals surface area contributed by atoms with Crippen molar-refractivity contribution in [1.29, 1.82) is 5.26 Å². The highest BCUT2D eigenvalue weighted by Crippen LogP contribution is 2.18. The van der Waals surface area contributed by atoms with Crippen molar-refractivity contribution < 1.29 is 4.39 Å². The highest BCUT2D eigenvalue weighted by Gasteiger charge is 2.07.